The molecule has 0 bridgehead atoms. The number of halogens is 1. The Morgan fingerprint density at radius 1 is 1.17 bits per heavy atom. The van der Waals surface area contributed by atoms with Gasteiger partial charge >= 0.3 is 0 Å². The lowest BCUT2D eigenvalue weighted by atomic mass is 9.87. The third kappa shape index (κ3) is 8.45. The maximum absolute atomic E-state index is 13.6. The maximum atomic E-state index is 13.6. The molecule has 3 rings (SSSR count). The van der Waals surface area contributed by atoms with Gasteiger partial charge in [0.15, 0.2) is 11.5 Å². The second-order valence-corrected chi connectivity index (χ2v) is 11.6. The van der Waals surface area contributed by atoms with Crippen LogP contribution in [0.5, 0.6) is 17.2 Å². The van der Waals surface area contributed by atoms with E-state index in [1.807, 2.05) is 60.7 Å². The van der Waals surface area contributed by atoms with E-state index in [1.54, 1.807) is 24.2 Å². The van der Waals surface area contributed by atoms with Crippen LogP contribution in [-0.2, 0) is 16.0 Å². The van der Waals surface area contributed by atoms with Crippen LogP contribution < -0.4 is 19.5 Å². The zero-order valence-electron chi connectivity index (χ0n) is 24.3. The topological polar surface area (TPSA) is 135 Å². The van der Waals surface area contributed by atoms with Crippen molar-refractivity contribution in [2.24, 2.45) is 5.92 Å². The second kappa shape index (κ2) is 15.9. The van der Waals surface area contributed by atoms with Gasteiger partial charge < -0.3 is 34.6 Å². The number of hydrogen-bond acceptors (Lipinski definition) is 8. The SMILES string of the molecule is COc1ccccc1CCN(C(=O)CC(C)C)[C@@H]1CC(C(=O)NCCO)=C[C@H](Oc2c(I)cc(C=O)cc2OC)[C@H]1O. The molecule has 0 fully saturated rings. The molecule has 3 N–H and O–H groups in total. The van der Waals surface area contributed by atoms with Crippen LogP contribution in [0.15, 0.2) is 48.0 Å². The molecule has 0 unspecified atom stereocenters. The minimum atomic E-state index is -1.19. The van der Waals surface area contributed by atoms with E-state index in [0.717, 1.165) is 5.56 Å². The number of carbonyl (C=O) groups is 3. The molecular weight excluding hydrogens is 655 g/mol. The zero-order chi connectivity index (χ0) is 30.8. The molecule has 228 valence electrons. The Hall–Kier alpha value is -3.16. The van der Waals surface area contributed by atoms with Crippen LogP contribution in [-0.4, -0.2) is 85.4 Å². The molecule has 2 aromatic carbocycles. The van der Waals surface area contributed by atoms with Crippen molar-refractivity contribution in [3.63, 3.8) is 0 Å². The van der Waals surface area contributed by atoms with Gasteiger partial charge in [-0.25, -0.2) is 0 Å². The van der Waals surface area contributed by atoms with Crippen LogP contribution in [0.2, 0.25) is 0 Å². The van der Waals surface area contributed by atoms with E-state index in [2.05, 4.69) is 5.32 Å². The third-order valence-electron chi connectivity index (χ3n) is 6.97. The molecule has 1 aliphatic carbocycles. The molecule has 0 aliphatic heterocycles. The van der Waals surface area contributed by atoms with E-state index in [9.17, 15) is 24.6 Å². The first-order valence-electron chi connectivity index (χ1n) is 13.8. The summed E-state index contributed by atoms with van der Waals surface area (Å²) in [6, 6.07) is 9.92. The van der Waals surface area contributed by atoms with Gasteiger partial charge in [-0.05, 0) is 64.8 Å². The Labute approximate surface area is 260 Å². The first-order chi connectivity index (χ1) is 20.1. The van der Waals surface area contributed by atoms with Crippen molar-refractivity contribution >= 4 is 40.7 Å². The fraction of sp³-hybridized carbons (Fsp3) is 0.452. The van der Waals surface area contributed by atoms with Gasteiger partial charge in [-0.1, -0.05) is 32.0 Å². The average Bonchev–Trinajstić information content (AvgIpc) is 2.97. The number of benzene rings is 2. The number of nitrogens with one attached hydrogen (secondary N) is 1. The van der Waals surface area contributed by atoms with Gasteiger partial charge in [-0.2, -0.15) is 0 Å². The number of hydrogen-bond donors (Lipinski definition) is 3. The smallest absolute Gasteiger partial charge is 0.247 e. The fourth-order valence-electron chi connectivity index (χ4n) is 4.93. The van der Waals surface area contributed by atoms with Crippen molar-refractivity contribution in [1.29, 1.82) is 0 Å². The van der Waals surface area contributed by atoms with Gasteiger partial charge in [-0.15, -0.1) is 0 Å². The van der Waals surface area contributed by atoms with Gasteiger partial charge in [0.05, 0.1) is 30.4 Å². The third-order valence-corrected chi connectivity index (χ3v) is 7.78. The van der Waals surface area contributed by atoms with Gasteiger partial charge in [-0.3, -0.25) is 14.4 Å². The highest BCUT2D eigenvalue weighted by molar-refractivity contribution is 14.1. The summed E-state index contributed by atoms with van der Waals surface area (Å²) in [7, 11) is 3.04. The molecule has 2 aromatic rings. The van der Waals surface area contributed by atoms with E-state index in [1.165, 1.54) is 13.2 Å². The Kier molecular flexibility index (Phi) is 12.6. The number of methoxy groups -OCH3 is 2. The summed E-state index contributed by atoms with van der Waals surface area (Å²) in [6.07, 6.45) is 0.841. The van der Waals surface area contributed by atoms with E-state index in [-0.39, 0.29) is 44.4 Å². The lowest BCUT2D eigenvalue weighted by Gasteiger charge is -2.41. The second-order valence-electron chi connectivity index (χ2n) is 10.4. The predicted molar refractivity (Wildman–Crippen MR) is 166 cm³/mol. The van der Waals surface area contributed by atoms with Crippen molar-refractivity contribution in [1.82, 2.24) is 10.2 Å². The molecule has 0 heterocycles. The number of nitrogens with zero attached hydrogens (tertiary/aromatic N) is 1. The van der Waals surface area contributed by atoms with Crippen LogP contribution >= 0.6 is 22.6 Å². The summed E-state index contributed by atoms with van der Waals surface area (Å²) in [6.45, 7) is 3.99. The standard InChI is InChI=1S/C31H39IN2O8/c1-19(2)13-28(37)34(11-9-21-7-5-6-8-25(21)40-3)24-16-22(31(39)33-10-12-35)17-26(29(24)38)42-30-23(32)14-20(18-36)15-27(30)41-4/h5-8,14-15,17-19,24,26,29,35,38H,9-13,16H2,1-4H3,(H,33,39)/t24-,26+,29+/m1/s1. The molecule has 2 amide bonds. The fourth-order valence-corrected chi connectivity index (χ4v) is 5.68. The molecule has 0 aromatic heterocycles. The average molecular weight is 695 g/mol. The molecule has 0 saturated carbocycles. The predicted octanol–water partition coefficient (Wildman–Crippen LogP) is 3.15. The van der Waals surface area contributed by atoms with Crippen LogP contribution in [0, 0.1) is 9.49 Å². The number of aldehydes is 1. The molecule has 0 saturated heterocycles. The van der Waals surface area contributed by atoms with Crippen LogP contribution in [0.25, 0.3) is 0 Å². The zero-order valence-corrected chi connectivity index (χ0v) is 26.5. The Balaban J connectivity index is 2.02. The number of carbonyl (C=O) groups excluding carboxylic acids is 3. The highest BCUT2D eigenvalue weighted by atomic mass is 127. The minimum absolute atomic E-state index is 0.0532. The molecule has 11 heteroatoms. The van der Waals surface area contributed by atoms with E-state index < -0.39 is 24.2 Å². The number of amides is 2. The summed E-state index contributed by atoms with van der Waals surface area (Å²) in [5.41, 5.74) is 1.63. The quantitative estimate of drug-likeness (QED) is 0.203. The summed E-state index contributed by atoms with van der Waals surface area (Å²) in [5.74, 6) is 0.791. The number of ether oxygens (including phenoxy) is 3. The van der Waals surface area contributed by atoms with E-state index >= 15 is 0 Å². The highest BCUT2D eigenvalue weighted by Gasteiger charge is 2.41. The van der Waals surface area contributed by atoms with Crippen molar-refractivity contribution in [3.05, 3.63) is 62.7 Å². The van der Waals surface area contributed by atoms with Crippen molar-refractivity contribution in [2.75, 3.05) is 33.9 Å². The molecule has 10 nitrogen and oxygen atoms in total. The number of aliphatic hydroxyl groups excluding tert-OH is 2. The molecule has 3 atom stereocenters. The molecule has 42 heavy (non-hydrogen) atoms. The monoisotopic (exact) mass is 694 g/mol. The highest BCUT2D eigenvalue weighted by Crippen LogP contribution is 2.37. The Morgan fingerprint density at radius 3 is 2.52 bits per heavy atom. The maximum Gasteiger partial charge on any atom is 0.247 e. The van der Waals surface area contributed by atoms with Crippen LogP contribution in [0.1, 0.15) is 42.6 Å². The number of rotatable bonds is 14. The van der Waals surface area contributed by atoms with Crippen molar-refractivity contribution in [3.8, 4) is 17.2 Å². The van der Waals surface area contributed by atoms with Gasteiger partial charge in [0.1, 0.15) is 24.2 Å². The van der Waals surface area contributed by atoms with Gasteiger partial charge in [0, 0.05) is 37.1 Å². The van der Waals surface area contributed by atoms with Crippen molar-refractivity contribution < 1.29 is 38.8 Å². The lowest BCUT2D eigenvalue weighted by Crippen LogP contribution is -2.55. The number of aliphatic hydroxyl groups is 2. The van der Waals surface area contributed by atoms with Gasteiger partial charge in [0.2, 0.25) is 11.8 Å². The largest absolute Gasteiger partial charge is 0.496 e. The normalized spacial score (nSPS) is 18.2. The summed E-state index contributed by atoms with van der Waals surface area (Å²) >= 11 is 2.02. The Bertz CT molecular complexity index is 1280. The first-order valence-corrected chi connectivity index (χ1v) is 14.9. The lowest BCUT2D eigenvalue weighted by molar-refractivity contribution is -0.139. The molecule has 1 aliphatic rings. The van der Waals surface area contributed by atoms with Crippen molar-refractivity contribution in [2.45, 2.75) is 51.4 Å². The first kappa shape index (κ1) is 33.3. The molecule has 0 radical (unpaired) electrons. The molecule has 0 spiro atoms. The van der Waals surface area contributed by atoms with E-state index in [0.29, 0.717) is 44.7 Å². The van der Waals surface area contributed by atoms with E-state index in [4.69, 9.17) is 14.2 Å². The summed E-state index contributed by atoms with van der Waals surface area (Å²) < 4.78 is 17.8. The molecular formula is C31H39IN2O8. The summed E-state index contributed by atoms with van der Waals surface area (Å²) in [4.78, 5) is 39.8. The Morgan fingerprint density at radius 2 is 1.88 bits per heavy atom. The minimum Gasteiger partial charge on any atom is -0.496 e. The summed E-state index contributed by atoms with van der Waals surface area (Å²) in [5, 5.41) is 23.6. The number of para-hydroxylation sites is 1. The van der Waals surface area contributed by atoms with Gasteiger partial charge in [0.25, 0.3) is 0 Å². The van der Waals surface area contributed by atoms with Crippen LogP contribution in [0.4, 0.5) is 0 Å². The van der Waals surface area contributed by atoms with Crippen LogP contribution in [0.3, 0.4) is 0 Å².